The van der Waals surface area contributed by atoms with E-state index in [0.717, 1.165) is 127 Å². The average molecular weight is 1410 g/mol. The molecule has 0 amide bonds. The summed E-state index contributed by atoms with van der Waals surface area (Å²) in [6, 6.07) is 0. The normalized spacial score (nSPS) is 14.5. The number of aliphatic hydroxyl groups is 1. The second-order valence-corrected chi connectivity index (χ2v) is 31.2. The number of carbonyl (C=O) groups excluding carboxylic acids is 4. The Morgan fingerprint density at radius 2 is 0.615 bits per heavy atom. The SMILES string of the molecule is CCCCCC/C=C\C=C/CCCCCCCC(=O)OC[C@H](COP(=O)(O)OCC(O)COP(=O)(O)OC[C@@H](COC(=O)CCCCCCCCCC(C)C)OC(=O)CCCCCCCCCCCCCCCCC(C)CC)OC(=O)CCCCCCCCCCCCC(C)C. The van der Waals surface area contributed by atoms with Crippen LogP contribution in [0.2, 0.25) is 0 Å². The molecule has 0 aliphatic rings. The maximum atomic E-state index is 13.1. The molecular weight excluding hydrogens is 1260 g/mol. The third-order valence-electron chi connectivity index (χ3n) is 17.6. The van der Waals surface area contributed by atoms with E-state index >= 15 is 0 Å². The van der Waals surface area contributed by atoms with Crippen LogP contribution >= 0.6 is 15.6 Å². The van der Waals surface area contributed by atoms with E-state index in [4.69, 9.17) is 37.0 Å². The molecule has 0 aromatic heterocycles. The van der Waals surface area contributed by atoms with Crippen molar-refractivity contribution in [1.29, 1.82) is 0 Å². The third kappa shape index (κ3) is 68.7. The first-order valence-corrected chi connectivity index (χ1v) is 42.2. The highest BCUT2D eigenvalue weighted by Crippen LogP contribution is 2.45. The quantitative estimate of drug-likeness (QED) is 0.0169. The summed E-state index contributed by atoms with van der Waals surface area (Å²) in [6.45, 7) is 11.8. The fourth-order valence-corrected chi connectivity index (χ4v) is 12.8. The predicted molar refractivity (Wildman–Crippen MR) is 390 cm³/mol. The van der Waals surface area contributed by atoms with Gasteiger partial charge in [-0.1, -0.05) is 317 Å². The van der Waals surface area contributed by atoms with Gasteiger partial charge in [0.25, 0.3) is 0 Å². The van der Waals surface area contributed by atoms with Crippen LogP contribution in [-0.4, -0.2) is 96.7 Å². The summed E-state index contributed by atoms with van der Waals surface area (Å²) < 4.78 is 68.5. The summed E-state index contributed by atoms with van der Waals surface area (Å²) in [5.74, 6) is 0.149. The molecule has 4 unspecified atom stereocenters. The zero-order valence-electron chi connectivity index (χ0n) is 62.3. The molecule has 0 bridgehead atoms. The Balaban J connectivity index is 5.27. The first-order valence-electron chi connectivity index (χ1n) is 39.2. The summed E-state index contributed by atoms with van der Waals surface area (Å²) in [5, 5.41) is 10.6. The van der Waals surface area contributed by atoms with Crippen molar-refractivity contribution in [2.45, 2.75) is 388 Å². The number of unbranched alkanes of at least 4 members (excludes halogenated alkanes) is 37. The van der Waals surface area contributed by atoms with Crippen LogP contribution in [0, 0.1) is 17.8 Å². The molecule has 0 aromatic rings. The zero-order valence-corrected chi connectivity index (χ0v) is 64.1. The number of esters is 4. The second kappa shape index (κ2) is 67.1. The largest absolute Gasteiger partial charge is 0.472 e. The van der Waals surface area contributed by atoms with Gasteiger partial charge in [0.15, 0.2) is 12.2 Å². The Morgan fingerprint density at radius 3 is 0.927 bits per heavy atom. The molecular formula is C77H146O17P2. The molecule has 96 heavy (non-hydrogen) atoms. The lowest BCUT2D eigenvalue weighted by Crippen LogP contribution is -2.30. The number of ether oxygens (including phenoxy) is 4. The van der Waals surface area contributed by atoms with Gasteiger partial charge in [-0.25, -0.2) is 9.13 Å². The highest BCUT2D eigenvalue weighted by molar-refractivity contribution is 7.47. The van der Waals surface area contributed by atoms with Gasteiger partial charge < -0.3 is 33.8 Å². The van der Waals surface area contributed by atoms with Gasteiger partial charge in [0, 0.05) is 25.7 Å². The van der Waals surface area contributed by atoms with Crippen LogP contribution in [0.15, 0.2) is 24.3 Å². The molecule has 6 atom stereocenters. The maximum absolute atomic E-state index is 13.1. The Bertz CT molecular complexity index is 1970. The van der Waals surface area contributed by atoms with Gasteiger partial charge in [-0.2, -0.15) is 0 Å². The van der Waals surface area contributed by atoms with Crippen LogP contribution in [0.5, 0.6) is 0 Å². The van der Waals surface area contributed by atoms with Crippen molar-refractivity contribution in [2.75, 3.05) is 39.6 Å². The van der Waals surface area contributed by atoms with Gasteiger partial charge >= 0.3 is 39.5 Å². The van der Waals surface area contributed by atoms with Crippen molar-refractivity contribution in [3.8, 4) is 0 Å². The number of phosphoric acid groups is 2. The Morgan fingerprint density at radius 1 is 0.344 bits per heavy atom. The van der Waals surface area contributed by atoms with Gasteiger partial charge in [0.1, 0.15) is 19.3 Å². The number of phosphoric ester groups is 2. The first kappa shape index (κ1) is 93.5. The molecule has 0 radical (unpaired) electrons. The molecule has 0 rings (SSSR count). The summed E-state index contributed by atoms with van der Waals surface area (Å²) in [5.41, 5.74) is 0. The molecule has 0 aliphatic carbocycles. The van der Waals surface area contributed by atoms with Gasteiger partial charge in [0.2, 0.25) is 0 Å². The van der Waals surface area contributed by atoms with Crippen LogP contribution in [0.1, 0.15) is 370 Å². The van der Waals surface area contributed by atoms with Crippen LogP contribution in [0.4, 0.5) is 0 Å². The lowest BCUT2D eigenvalue weighted by Gasteiger charge is -2.21. The molecule has 3 N–H and O–H groups in total. The van der Waals surface area contributed by atoms with Crippen molar-refractivity contribution >= 4 is 39.5 Å². The fraction of sp³-hybridized carbons (Fsp3) is 0.896. The predicted octanol–water partition coefficient (Wildman–Crippen LogP) is 22.1. The average Bonchev–Trinajstić information content (AvgIpc) is 2.60. The molecule has 0 saturated heterocycles. The van der Waals surface area contributed by atoms with E-state index in [-0.39, 0.29) is 25.7 Å². The van der Waals surface area contributed by atoms with E-state index in [1.807, 2.05) is 0 Å². The molecule has 0 heterocycles. The zero-order chi connectivity index (χ0) is 70.9. The first-order chi connectivity index (χ1) is 46.3. The molecule has 566 valence electrons. The minimum atomic E-state index is -4.96. The Kier molecular flexibility index (Phi) is 65.3. The summed E-state index contributed by atoms with van der Waals surface area (Å²) >= 11 is 0. The Labute approximate surface area is 586 Å². The van der Waals surface area contributed by atoms with E-state index < -0.39 is 97.5 Å². The van der Waals surface area contributed by atoms with Crippen molar-refractivity contribution < 1.29 is 80.2 Å². The van der Waals surface area contributed by atoms with E-state index in [0.29, 0.717) is 31.6 Å². The minimum absolute atomic E-state index is 0.0987. The molecule has 17 nitrogen and oxygen atoms in total. The highest BCUT2D eigenvalue weighted by atomic mass is 31.2. The topological polar surface area (TPSA) is 237 Å². The number of hydrogen-bond donors (Lipinski definition) is 3. The molecule has 0 saturated carbocycles. The Hall–Kier alpha value is -2.46. The number of hydrogen-bond acceptors (Lipinski definition) is 15. The fourth-order valence-electron chi connectivity index (χ4n) is 11.2. The number of rotatable bonds is 73. The highest BCUT2D eigenvalue weighted by Gasteiger charge is 2.30. The van der Waals surface area contributed by atoms with Crippen LogP contribution < -0.4 is 0 Å². The van der Waals surface area contributed by atoms with Gasteiger partial charge in [-0.05, 0) is 69.1 Å². The molecule has 0 aliphatic heterocycles. The van der Waals surface area contributed by atoms with Crippen LogP contribution in [0.3, 0.4) is 0 Å². The summed E-state index contributed by atoms with van der Waals surface area (Å²) in [6.07, 6.45) is 56.3. The minimum Gasteiger partial charge on any atom is -0.462 e. The van der Waals surface area contributed by atoms with Crippen molar-refractivity contribution in [2.24, 2.45) is 17.8 Å². The lowest BCUT2D eigenvalue weighted by atomic mass is 9.99. The number of aliphatic hydroxyl groups excluding tert-OH is 1. The van der Waals surface area contributed by atoms with Gasteiger partial charge in [-0.3, -0.25) is 37.3 Å². The van der Waals surface area contributed by atoms with E-state index in [2.05, 4.69) is 72.8 Å². The monoisotopic (exact) mass is 1410 g/mol. The molecule has 19 heteroatoms. The third-order valence-corrected chi connectivity index (χ3v) is 19.5. The van der Waals surface area contributed by atoms with E-state index in [1.54, 1.807) is 0 Å². The van der Waals surface area contributed by atoms with Crippen LogP contribution in [-0.2, 0) is 65.4 Å². The van der Waals surface area contributed by atoms with Gasteiger partial charge in [-0.15, -0.1) is 0 Å². The lowest BCUT2D eigenvalue weighted by molar-refractivity contribution is -0.161. The smallest absolute Gasteiger partial charge is 0.462 e. The molecule has 0 aromatic carbocycles. The summed E-state index contributed by atoms with van der Waals surface area (Å²) in [4.78, 5) is 72.8. The van der Waals surface area contributed by atoms with E-state index in [9.17, 15) is 43.2 Å². The van der Waals surface area contributed by atoms with Crippen molar-refractivity contribution in [3.63, 3.8) is 0 Å². The molecule has 0 fully saturated rings. The number of carbonyl (C=O) groups is 4. The van der Waals surface area contributed by atoms with Crippen LogP contribution in [0.25, 0.3) is 0 Å². The maximum Gasteiger partial charge on any atom is 0.472 e. The van der Waals surface area contributed by atoms with E-state index in [1.165, 1.54) is 154 Å². The van der Waals surface area contributed by atoms with Crippen molar-refractivity contribution in [3.05, 3.63) is 24.3 Å². The summed E-state index contributed by atoms with van der Waals surface area (Å²) in [7, 11) is -9.93. The van der Waals surface area contributed by atoms with Gasteiger partial charge in [0.05, 0.1) is 26.4 Å². The molecule has 0 spiro atoms. The standard InChI is InChI=1S/C77H146O17P2/c1-8-10-11-12-13-14-15-16-17-21-24-30-37-44-51-58-74(79)87-64-72(93-77(82)61-54-47-39-32-27-26-28-34-41-48-55-68(3)4)66-91-95(83,84)89-62-71(78)63-90-96(85,86)92-67-73(65-88-75(80)59-52-45-40-33-35-42-49-56-69(5)6)94-76(81)60-53-46-38-31-25-22-19-18-20-23-29-36-43-50-57-70(7)9-2/h14-17,68-73,78H,8-13,18-67H2,1-7H3,(H,83,84)(H,85,86)/b15-14-,17-16-/t70?,71?,72-,73-/m1/s1. The van der Waals surface area contributed by atoms with Crippen molar-refractivity contribution in [1.82, 2.24) is 0 Å². The number of allylic oxidation sites excluding steroid dienone is 4. The second-order valence-electron chi connectivity index (χ2n) is 28.3.